The van der Waals surface area contributed by atoms with Gasteiger partial charge in [-0.1, -0.05) is 0 Å². The Morgan fingerprint density at radius 3 is 2.44 bits per heavy atom. The summed E-state index contributed by atoms with van der Waals surface area (Å²) in [4.78, 5) is 48.7. The Kier molecular flexibility index (Phi) is 5.43. The van der Waals surface area contributed by atoms with Crippen molar-refractivity contribution in [2.45, 2.75) is 51.6 Å². The van der Waals surface area contributed by atoms with Crippen LogP contribution in [0.1, 0.15) is 50.5 Å². The van der Waals surface area contributed by atoms with E-state index in [4.69, 9.17) is 0 Å². The molecule has 1 unspecified atom stereocenters. The van der Waals surface area contributed by atoms with E-state index in [0.29, 0.717) is 44.6 Å². The lowest BCUT2D eigenvalue weighted by atomic mass is 10.0. The van der Waals surface area contributed by atoms with Crippen molar-refractivity contribution in [3.05, 3.63) is 24.3 Å². The van der Waals surface area contributed by atoms with E-state index < -0.39 is 0 Å². The van der Waals surface area contributed by atoms with Gasteiger partial charge in [0, 0.05) is 50.0 Å². The van der Waals surface area contributed by atoms with E-state index in [1.54, 1.807) is 4.90 Å². The number of rotatable bonds is 3. The number of hydrogen-bond donors (Lipinski definition) is 1. The average molecular weight is 373 g/mol. The van der Waals surface area contributed by atoms with Gasteiger partial charge in [0.15, 0.2) is 0 Å². The summed E-state index contributed by atoms with van der Waals surface area (Å²) in [5.41, 5.74) is 0.0340. The average Bonchev–Trinajstić information content (AvgIpc) is 3.04. The van der Waals surface area contributed by atoms with Gasteiger partial charge in [0.1, 0.15) is 5.69 Å². The largest absolute Gasteiger partial charge is 0.348 e. The summed E-state index contributed by atoms with van der Waals surface area (Å²) < 4.78 is 0. The van der Waals surface area contributed by atoms with E-state index in [2.05, 4.69) is 15.3 Å². The molecule has 8 nitrogen and oxygen atoms in total. The number of nitrogens with one attached hydrogen (secondary N) is 1. The van der Waals surface area contributed by atoms with Gasteiger partial charge in [-0.15, -0.1) is 0 Å². The third kappa shape index (κ3) is 4.43. The minimum Gasteiger partial charge on any atom is -0.348 e. The number of likely N-dealkylation sites (tertiary alicyclic amines) is 2. The van der Waals surface area contributed by atoms with Gasteiger partial charge in [0.2, 0.25) is 11.8 Å². The SMILES string of the molecule is CC(C)(C)N1CC(C(=O)N2CCC(NC(=O)c3cnccn3)CC2)CC1=O. The highest BCUT2D eigenvalue weighted by Crippen LogP contribution is 2.27. The van der Waals surface area contributed by atoms with Gasteiger partial charge in [-0.05, 0) is 33.6 Å². The molecule has 1 atom stereocenters. The van der Waals surface area contributed by atoms with Crippen molar-refractivity contribution in [1.29, 1.82) is 0 Å². The summed E-state index contributed by atoms with van der Waals surface area (Å²) in [5.74, 6) is -0.404. The van der Waals surface area contributed by atoms with Crippen LogP contribution in [0.3, 0.4) is 0 Å². The first-order valence-corrected chi connectivity index (χ1v) is 9.42. The van der Waals surface area contributed by atoms with Crippen LogP contribution in [-0.4, -0.2) is 68.7 Å². The molecule has 0 spiro atoms. The third-order valence-electron chi connectivity index (χ3n) is 5.22. The zero-order valence-corrected chi connectivity index (χ0v) is 16.1. The fraction of sp³-hybridized carbons (Fsp3) is 0.632. The summed E-state index contributed by atoms with van der Waals surface area (Å²) in [6.45, 7) is 7.63. The third-order valence-corrected chi connectivity index (χ3v) is 5.22. The van der Waals surface area contributed by atoms with Gasteiger partial charge in [-0.25, -0.2) is 4.98 Å². The van der Waals surface area contributed by atoms with Crippen molar-refractivity contribution in [1.82, 2.24) is 25.1 Å². The number of nitrogens with zero attached hydrogens (tertiary/aromatic N) is 4. The molecule has 2 fully saturated rings. The zero-order chi connectivity index (χ0) is 19.6. The van der Waals surface area contributed by atoms with Gasteiger partial charge >= 0.3 is 0 Å². The van der Waals surface area contributed by atoms with Crippen LogP contribution in [0.15, 0.2) is 18.6 Å². The molecule has 27 heavy (non-hydrogen) atoms. The van der Waals surface area contributed by atoms with Gasteiger partial charge in [0.05, 0.1) is 12.1 Å². The number of hydrogen-bond acceptors (Lipinski definition) is 5. The van der Waals surface area contributed by atoms with E-state index in [1.807, 2.05) is 25.7 Å². The molecule has 1 N–H and O–H groups in total. The van der Waals surface area contributed by atoms with Crippen molar-refractivity contribution in [3.63, 3.8) is 0 Å². The van der Waals surface area contributed by atoms with Crippen molar-refractivity contribution < 1.29 is 14.4 Å². The molecule has 1 aromatic rings. The topological polar surface area (TPSA) is 95.5 Å². The number of aromatic nitrogens is 2. The standard InChI is InChI=1S/C19H27N5O3/c1-19(2,3)24-12-13(10-16(24)25)18(27)23-8-4-14(5-9-23)22-17(26)15-11-20-6-7-21-15/h6-7,11,13-14H,4-5,8-10,12H2,1-3H3,(H,22,26). The van der Waals surface area contributed by atoms with Crippen LogP contribution in [0.5, 0.6) is 0 Å². The lowest BCUT2D eigenvalue weighted by molar-refractivity contribution is -0.136. The normalized spacial score (nSPS) is 21.4. The molecule has 0 radical (unpaired) electrons. The molecule has 8 heteroatoms. The highest BCUT2D eigenvalue weighted by Gasteiger charge is 2.41. The summed E-state index contributed by atoms with van der Waals surface area (Å²) in [5, 5.41) is 2.96. The molecule has 0 saturated carbocycles. The van der Waals surface area contributed by atoms with Crippen LogP contribution in [0.2, 0.25) is 0 Å². The maximum absolute atomic E-state index is 12.8. The molecule has 146 valence electrons. The molecular weight excluding hydrogens is 346 g/mol. The van der Waals surface area contributed by atoms with Gasteiger partial charge in [0.25, 0.3) is 5.91 Å². The Hall–Kier alpha value is -2.51. The number of amides is 3. The maximum Gasteiger partial charge on any atom is 0.271 e. The summed E-state index contributed by atoms with van der Waals surface area (Å²) >= 11 is 0. The first-order chi connectivity index (χ1) is 12.8. The second-order valence-corrected chi connectivity index (χ2v) is 8.24. The van der Waals surface area contributed by atoms with Crippen molar-refractivity contribution in [3.8, 4) is 0 Å². The van der Waals surface area contributed by atoms with E-state index >= 15 is 0 Å². The van der Waals surface area contributed by atoms with E-state index in [-0.39, 0.29) is 35.2 Å². The first kappa shape index (κ1) is 19.3. The van der Waals surface area contributed by atoms with Crippen LogP contribution in [0.25, 0.3) is 0 Å². The Bertz CT molecular complexity index is 708. The van der Waals surface area contributed by atoms with E-state index in [1.165, 1.54) is 18.6 Å². The van der Waals surface area contributed by atoms with Gasteiger partial charge < -0.3 is 15.1 Å². The Morgan fingerprint density at radius 2 is 1.89 bits per heavy atom. The maximum atomic E-state index is 12.8. The lowest BCUT2D eigenvalue weighted by Gasteiger charge is -2.35. The number of carbonyl (C=O) groups excluding carboxylic acids is 3. The summed E-state index contributed by atoms with van der Waals surface area (Å²) in [6, 6.07) is 0.0137. The second-order valence-electron chi connectivity index (χ2n) is 8.24. The second kappa shape index (κ2) is 7.62. The molecule has 0 aliphatic carbocycles. The fourth-order valence-electron chi connectivity index (χ4n) is 3.70. The predicted molar refractivity (Wildman–Crippen MR) is 98.7 cm³/mol. The molecule has 2 aliphatic rings. The highest BCUT2D eigenvalue weighted by atomic mass is 16.2. The molecule has 3 heterocycles. The number of piperidine rings is 1. The molecule has 0 bridgehead atoms. The smallest absolute Gasteiger partial charge is 0.271 e. The molecular formula is C19H27N5O3. The van der Waals surface area contributed by atoms with Crippen LogP contribution in [0.4, 0.5) is 0 Å². The summed E-state index contributed by atoms with van der Waals surface area (Å²) in [7, 11) is 0. The predicted octanol–water partition coefficient (Wildman–Crippen LogP) is 0.844. The van der Waals surface area contributed by atoms with Crippen LogP contribution >= 0.6 is 0 Å². The van der Waals surface area contributed by atoms with Crippen molar-refractivity contribution in [2.24, 2.45) is 5.92 Å². The molecule has 3 amide bonds. The quantitative estimate of drug-likeness (QED) is 0.847. The van der Waals surface area contributed by atoms with Crippen LogP contribution in [-0.2, 0) is 9.59 Å². The minimum atomic E-state index is -0.262. The van der Waals surface area contributed by atoms with Gasteiger partial charge in [-0.3, -0.25) is 19.4 Å². The molecule has 3 rings (SSSR count). The molecule has 2 aliphatic heterocycles. The Balaban J connectivity index is 1.50. The fourth-order valence-corrected chi connectivity index (χ4v) is 3.70. The van der Waals surface area contributed by atoms with E-state index in [0.717, 1.165) is 0 Å². The highest BCUT2D eigenvalue weighted by molar-refractivity contribution is 5.92. The lowest BCUT2D eigenvalue weighted by Crippen LogP contribution is -2.49. The summed E-state index contributed by atoms with van der Waals surface area (Å²) in [6.07, 6.45) is 6.13. The van der Waals surface area contributed by atoms with Gasteiger partial charge in [-0.2, -0.15) is 0 Å². The Labute approximate surface area is 159 Å². The zero-order valence-electron chi connectivity index (χ0n) is 16.1. The number of carbonyl (C=O) groups is 3. The van der Waals surface area contributed by atoms with E-state index in [9.17, 15) is 14.4 Å². The van der Waals surface area contributed by atoms with Crippen LogP contribution in [0, 0.1) is 5.92 Å². The van der Waals surface area contributed by atoms with Crippen molar-refractivity contribution in [2.75, 3.05) is 19.6 Å². The minimum absolute atomic E-state index is 0.0137. The first-order valence-electron chi connectivity index (χ1n) is 9.42. The van der Waals surface area contributed by atoms with Crippen molar-refractivity contribution >= 4 is 17.7 Å². The monoisotopic (exact) mass is 373 g/mol. The molecule has 0 aromatic carbocycles. The van der Waals surface area contributed by atoms with Crippen LogP contribution < -0.4 is 5.32 Å². The Morgan fingerprint density at radius 1 is 1.19 bits per heavy atom. The molecule has 1 aromatic heterocycles. The molecule has 2 saturated heterocycles.